The SMILES string of the molecule is CCN(CC)c1nc(N)c([N+](=O)[O-])c(N2CC[NH+](C)CC2)n1. The van der Waals surface area contributed by atoms with Crippen molar-refractivity contribution in [3.05, 3.63) is 10.1 Å². The summed E-state index contributed by atoms with van der Waals surface area (Å²) >= 11 is 0. The number of aromatic nitrogens is 2. The van der Waals surface area contributed by atoms with Gasteiger partial charge in [0.05, 0.1) is 38.2 Å². The second-order valence-electron chi connectivity index (χ2n) is 5.45. The lowest BCUT2D eigenvalue weighted by molar-refractivity contribution is -0.880. The van der Waals surface area contributed by atoms with Crippen molar-refractivity contribution in [2.45, 2.75) is 13.8 Å². The van der Waals surface area contributed by atoms with E-state index in [4.69, 9.17) is 5.73 Å². The van der Waals surface area contributed by atoms with Crippen LogP contribution in [-0.2, 0) is 0 Å². The van der Waals surface area contributed by atoms with Crippen molar-refractivity contribution in [2.75, 3.05) is 61.8 Å². The van der Waals surface area contributed by atoms with Gasteiger partial charge in [-0.2, -0.15) is 9.97 Å². The van der Waals surface area contributed by atoms with Crippen LogP contribution in [0.4, 0.5) is 23.3 Å². The fraction of sp³-hybridized carbons (Fsp3) is 0.692. The van der Waals surface area contributed by atoms with Gasteiger partial charge in [-0.25, -0.2) is 0 Å². The first-order chi connectivity index (χ1) is 10.5. The van der Waals surface area contributed by atoms with Crippen LogP contribution in [0.25, 0.3) is 0 Å². The van der Waals surface area contributed by atoms with E-state index in [-0.39, 0.29) is 11.5 Å². The summed E-state index contributed by atoms with van der Waals surface area (Å²) in [4.78, 5) is 24.8. The van der Waals surface area contributed by atoms with Gasteiger partial charge in [0, 0.05) is 13.1 Å². The lowest BCUT2D eigenvalue weighted by atomic mass is 10.3. The topological polar surface area (TPSA) is 106 Å². The molecule has 0 aromatic carbocycles. The van der Waals surface area contributed by atoms with Crippen molar-refractivity contribution >= 4 is 23.3 Å². The van der Waals surface area contributed by atoms with Gasteiger partial charge in [0.1, 0.15) is 0 Å². The molecule has 1 aromatic rings. The molecule has 0 unspecified atom stereocenters. The molecule has 22 heavy (non-hydrogen) atoms. The van der Waals surface area contributed by atoms with Crippen molar-refractivity contribution in [1.29, 1.82) is 0 Å². The van der Waals surface area contributed by atoms with Crippen molar-refractivity contribution in [1.82, 2.24) is 9.97 Å². The minimum absolute atomic E-state index is 0.0665. The summed E-state index contributed by atoms with van der Waals surface area (Å²) in [5.41, 5.74) is 5.67. The number of anilines is 3. The summed E-state index contributed by atoms with van der Waals surface area (Å²) in [6.45, 7) is 8.71. The molecule has 0 aliphatic carbocycles. The van der Waals surface area contributed by atoms with Crippen LogP contribution in [0.1, 0.15) is 13.8 Å². The lowest BCUT2D eigenvalue weighted by Gasteiger charge is -2.31. The fourth-order valence-corrected chi connectivity index (χ4v) is 2.59. The number of likely N-dealkylation sites (N-methyl/N-ethyl adjacent to an activating group) is 1. The highest BCUT2D eigenvalue weighted by molar-refractivity contribution is 5.71. The van der Waals surface area contributed by atoms with Gasteiger partial charge in [-0.15, -0.1) is 0 Å². The number of hydrogen-bond acceptors (Lipinski definition) is 7. The van der Waals surface area contributed by atoms with Gasteiger partial charge < -0.3 is 20.4 Å². The third kappa shape index (κ3) is 3.19. The van der Waals surface area contributed by atoms with Gasteiger partial charge in [0.15, 0.2) is 0 Å². The Balaban J connectivity index is 2.45. The van der Waals surface area contributed by atoms with E-state index in [1.807, 2.05) is 23.6 Å². The Bertz CT molecular complexity index is 539. The van der Waals surface area contributed by atoms with Gasteiger partial charge in [0.2, 0.25) is 17.6 Å². The van der Waals surface area contributed by atoms with E-state index in [0.29, 0.717) is 11.8 Å². The second-order valence-corrected chi connectivity index (χ2v) is 5.45. The van der Waals surface area contributed by atoms with E-state index >= 15 is 0 Å². The number of nitrogen functional groups attached to an aromatic ring is 1. The third-order valence-corrected chi connectivity index (χ3v) is 4.03. The molecule has 3 N–H and O–H groups in total. The molecule has 0 atom stereocenters. The molecule has 1 aliphatic heterocycles. The van der Waals surface area contributed by atoms with E-state index in [2.05, 4.69) is 17.0 Å². The molecule has 2 rings (SSSR count). The predicted octanol–water partition coefficient (Wildman–Crippen LogP) is -0.852. The highest BCUT2D eigenvalue weighted by Gasteiger charge is 2.30. The van der Waals surface area contributed by atoms with Crippen molar-refractivity contribution in [3.63, 3.8) is 0 Å². The zero-order valence-corrected chi connectivity index (χ0v) is 13.4. The maximum absolute atomic E-state index is 11.4. The first-order valence-corrected chi connectivity index (χ1v) is 7.61. The van der Waals surface area contributed by atoms with Gasteiger partial charge in [-0.05, 0) is 13.8 Å². The Morgan fingerprint density at radius 1 is 1.32 bits per heavy atom. The summed E-state index contributed by atoms with van der Waals surface area (Å²) < 4.78 is 0. The maximum atomic E-state index is 11.4. The molecule has 1 aromatic heterocycles. The third-order valence-electron chi connectivity index (χ3n) is 4.03. The van der Waals surface area contributed by atoms with Crippen LogP contribution in [0.15, 0.2) is 0 Å². The number of nitrogens with one attached hydrogen (secondary N) is 1. The van der Waals surface area contributed by atoms with Crippen LogP contribution in [0.2, 0.25) is 0 Å². The zero-order chi connectivity index (χ0) is 16.3. The van der Waals surface area contributed by atoms with E-state index in [0.717, 1.165) is 39.3 Å². The number of quaternary nitrogens is 1. The Hall–Kier alpha value is -2.16. The summed E-state index contributed by atoms with van der Waals surface area (Å²) in [5, 5.41) is 11.4. The van der Waals surface area contributed by atoms with Gasteiger partial charge in [-0.3, -0.25) is 10.1 Å². The monoisotopic (exact) mass is 310 g/mol. The van der Waals surface area contributed by atoms with E-state index in [1.54, 1.807) is 0 Å². The average Bonchev–Trinajstić information content (AvgIpc) is 2.48. The van der Waals surface area contributed by atoms with Gasteiger partial charge >= 0.3 is 5.69 Å². The smallest absolute Gasteiger partial charge is 0.353 e. The Morgan fingerprint density at radius 3 is 2.41 bits per heavy atom. The van der Waals surface area contributed by atoms with Crippen LogP contribution in [0, 0.1) is 10.1 Å². The van der Waals surface area contributed by atoms with Crippen molar-refractivity contribution < 1.29 is 9.82 Å². The van der Waals surface area contributed by atoms with Crippen molar-refractivity contribution in [3.8, 4) is 0 Å². The van der Waals surface area contributed by atoms with Crippen LogP contribution in [0.3, 0.4) is 0 Å². The molecule has 1 fully saturated rings. The highest BCUT2D eigenvalue weighted by atomic mass is 16.6. The number of nitrogens with zero attached hydrogens (tertiary/aromatic N) is 5. The Morgan fingerprint density at radius 2 is 1.91 bits per heavy atom. The second kappa shape index (κ2) is 6.73. The number of nitrogens with two attached hydrogens (primary N) is 1. The first-order valence-electron chi connectivity index (χ1n) is 7.61. The number of hydrogen-bond donors (Lipinski definition) is 2. The molecule has 2 heterocycles. The maximum Gasteiger partial charge on any atom is 0.353 e. The van der Waals surface area contributed by atoms with Gasteiger partial charge in [-0.1, -0.05) is 0 Å². The highest BCUT2D eigenvalue weighted by Crippen LogP contribution is 2.32. The lowest BCUT2D eigenvalue weighted by Crippen LogP contribution is -3.12. The molecule has 1 aliphatic rings. The van der Waals surface area contributed by atoms with Gasteiger partial charge in [0.25, 0.3) is 0 Å². The van der Waals surface area contributed by atoms with Crippen molar-refractivity contribution in [2.24, 2.45) is 0 Å². The van der Waals surface area contributed by atoms with Crippen LogP contribution < -0.4 is 20.4 Å². The molecule has 0 radical (unpaired) electrons. The quantitative estimate of drug-likeness (QED) is 0.539. The molecule has 0 saturated carbocycles. The van der Waals surface area contributed by atoms with Crippen LogP contribution >= 0.6 is 0 Å². The molecular formula is C13H24N7O2+. The molecule has 1 saturated heterocycles. The van der Waals surface area contributed by atoms with Crippen LogP contribution in [-0.4, -0.2) is 61.2 Å². The Labute approximate surface area is 129 Å². The molecular weight excluding hydrogens is 286 g/mol. The van der Waals surface area contributed by atoms with E-state index in [9.17, 15) is 10.1 Å². The summed E-state index contributed by atoms with van der Waals surface area (Å²) in [7, 11) is 2.11. The minimum Gasteiger partial charge on any atom is -0.378 e. The number of rotatable bonds is 5. The molecule has 0 amide bonds. The fourth-order valence-electron chi connectivity index (χ4n) is 2.59. The predicted molar refractivity (Wildman–Crippen MR) is 85.5 cm³/mol. The van der Waals surface area contributed by atoms with Crippen LogP contribution in [0.5, 0.6) is 0 Å². The largest absolute Gasteiger partial charge is 0.378 e. The summed E-state index contributed by atoms with van der Waals surface area (Å²) in [5.74, 6) is 0.726. The number of piperazine rings is 1. The zero-order valence-electron chi connectivity index (χ0n) is 13.4. The molecule has 9 heteroatoms. The molecule has 122 valence electrons. The Kier molecular flexibility index (Phi) is 4.96. The normalized spacial score (nSPS) is 15.9. The number of nitro groups is 1. The first kappa shape index (κ1) is 16.2. The molecule has 0 bridgehead atoms. The molecule has 9 nitrogen and oxygen atoms in total. The standard InChI is InChI=1S/C13H23N7O2/c1-4-18(5-2)13-15-11(14)10(20(21)22)12(16-13)19-8-6-17(3)7-9-19/h4-9H2,1-3H3,(H2,14,15,16)/p+1. The van der Waals surface area contributed by atoms with E-state index in [1.165, 1.54) is 4.90 Å². The van der Waals surface area contributed by atoms with E-state index < -0.39 is 4.92 Å². The summed E-state index contributed by atoms with van der Waals surface area (Å²) in [6.07, 6.45) is 0. The minimum atomic E-state index is -0.484. The summed E-state index contributed by atoms with van der Waals surface area (Å²) in [6, 6.07) is 0. The average molecular weight is 310 g/mol. The molecule has 0 spiro atoms.